The average Bonchev–Trinajstić information content (AvgIpc) is 2.70. The molecule has 1 saturated heterocycles. The molecule has 0 amide bonds. The summed E-state index contributed by atoms with van der Waals surface area (Å²) < 4.78 is 17.5. The molecule has 1 rings (SSSR count). The van der Waals surface area contributed by atoms with Crippen molar-refractivity contribution in [1.29, 1.82) is 0 Å². The number of rotatable bonds is 6. The van der Waals surface area contributed by atoms with Crippen molar-refractivity contribution >= 4 is 8.32 Å². The molecular weight excluding hydrogens is 300 g/mol. The van der Waals surface area contributed by atoms with Crippen molar-refractivity contribution in [2.45, 2.75) is 83.0 Å². The molecule has 0 radical (unpaired) electrons. The first-order valence-electron chi connectivity index (χ1n) is 7.79. The number of hydrogen-bond acceptors (Lipinski definition) is 5. The Labute approximate surface area is 135 Å². The first-order chi connectivity index (χ1) is 9.81. The second kappa shape index (κ2) is 6.71. The van der Waals surface area contributed by atoms with Crippen LogP contribution in [0.1, 0.15) is 34.6 Å². The summed E-state index contributed by atoms with van der Waals surface area (Å²) in [5, 5.41) is 20.5. The third-order valence-corrected chi connectivity index (χ3v) is 9.04. The van der Waals surface area contributed by atoms with Crippen molar-refractivity contribution < 1.29 is 24.1 Å². The molecule has 130 valence electrons. The summed E-state index contributed by atoms with van der Waals surface area (Å²) >= 11 is 0. The molecule has 6 heteroatoms. The van der Waals surface area contributed by atoms with E-state index in [0.29, 0.717) is 0 Å². The highest BCUT2D eigenvalue weighted by molar-refractivity contribution is 6.74. The van der Waals surface area contributed by atoms with E-state index in [2.05, 4.69) is 40.4 Å². The van der Waals surface area contributed by atoms with E-state index in [1.54, 1.807) is 13.8 Å². The molecule has 1 aliphatic rings. The highest BCUT2D eigenvalue weighted by Crippen LogP contribution is 2.37. The molecule has 1 unspecified atom stereocenters. The number of ether oxygens (including phenoxy) is 2. The molecule has 0 spiro atoms. The van der Waals surface area contributed by atoms with Gasteiger partial charge in [-0.2, -0.15) is 0 Å². The summed E-state index contributed by atoms with van der Waals surface area (Å²) in [6.07, 6.45) is -1.66. The van der Waals surface area contributed by atoms with Crippen LogP contribution >= 0.6 is 0 Å². The Kier molecular flexibility index (Phi) is 6.04. The SMILES string of the molecule is C=C[C@H](O)[C@@H]1OC(C)(C)O[C@@H]1C(O)CO[Si](C)(C)C(C)(C)C. The quantitative estimate of drug-likeness (QED) is 0.577. The Morgan fingerprint density at radius 2 is 1.73 bits per heavy atom. The molecule has 0 aliphatic carbocycles. The van der Waals surface area contributed by atoms with Crippen LogP contribution < -0.4 is 0 Å². The zero-order valence-corrected chi connectivity index (χ0v) is 15.9. The van der Waals surface area contributed by atoms with Gasteiger partial charge in [0.15, 0.2) is 14.1 Å². The van der Waals surface area contributed by atoms with Crippen LogP contribution in [0.4, 0.5) is 0 Å². The second-order valence-electron chi connectivity index (χ2n) is 7.93. The van der Waals surface area contributed by atoms with Gasteiger partial charge in [0, 0.05) is 0 Å². The minimum absolute atomic E-state index is 0.0685. The highest BCUT2D eigenvalue weighted by atomic mass is 28.4. The highest BCUT2D eigenvalue weighted by Gasteiger charge is 2.48. The lowest BCUT2D eigenvalue weighted by atomic mass is 10.0. The van der Waals surface area contributed by atoms with Gasteiger partial charge in [0.05, 0.1) is 6.61 Å². The van der Waals surface area contributed by atoms with Crippen molar-refractivity contribution in [2.24, 2.45) is 0 Å². The Balaban J connectivity index is 2.75. The van der Waals surface area contributed by atoms with E-state index in [4.69, 9.17) is 13.9 Å². The van der Waals surface area contributed by atoms with E-state index in [9.17, 15) is 10.2 Å². The van der Waals surface area contributed by atoms with Crippen molar-refractivity contribution in [3.63, 3.8) is 0 Å². The van der Waals surface area contributed by atoms with Crippen LogP contribution in [0.15, 0.2) is 12.7 Å². The van der Waals surface area contributed by atoms with Crippen LogP contribution in [0.25, 0.3) is 0 Å². The largest absolute Gasteiger partial charge is 0.414 e. The van der Waals surface area contributed by atoms with Crippen LogP contribution in [-0.4, -0.2) is 55.3 Å². The van der Waals surface area contributed by atoms with Gasteiger partial charge >= 0.3 is 0 Å². The van der Waals surface area contributed by atoms with Gasteiger partial charge < -0.3 is 24.1 Å². The summed E-state index contributed by atoms with van der Waals surface area (Å²) in [7, 11) is -1.95. The lowest BCUT2D eigenvalue weighted by Gasteiger charge is -2.37. The molecule has 0 aromatic rings. The molecule has 0 saturated carbocycles. The van der Waals surface area contributed by atoms with E-state index < -0.39 is 38.5 Å². The first kappa shape index (κ1) is 19.8. The zero-order chi connectivity index (χ0) is 17.3. The normalized spacial score (nSPS) is 28.4. The number of aliphatic hydroxyl groups is 2. The van der Waals surface area contributed by atoms with E-state index in [0.717, 1.165) is 0 Å². The average molecular weight is 333 g/mol. The Morgan fingerprint density at radius 3 is 2.18 bits per heavy atom. The van der Waals surface area contributed by atoms with Crippen molar-refractivity contribution in [3.05, 3.63) is 12.7 Å². The lowest BCUT2D eigenvalue weighted by molar-refractivity contribution is -0.160. The molecule has 1 aliphatic heterocycles. The molecule has 2 N–H and O–H groups in total. The standard InChI is InChI=1S/C16H32O5Si/c1-9-11(17)13-14(21-16(5,6)20-13)12(18)10-19-22(7,8)15(2,3)4/h9,11-14,17-18H,1,10H2,2-8H3/t11-,12?,13-,14+/m0/s1. The molecule has 22 heavy (non-hydrogen) atoms. The second-order valence-corrected chi connectivity index (χ2v) is 12.7. The van der Waals surface area contributed by atoms with Gasteiger partial charge in [-0.1, -0.05) is 26.8 Å². The van der Waals surface area contributed by atoms with Crippen molar-refractivity contribution in [3.8, 4) is 0 Å². The van der Waals surface area contributed by atoms with E-state index >= 15 is 0 Å². The maximum Gasteiger partial charge on any atom is 0.192 e. The first-order valence-corrected chi connectivity index (χ1v) is 10.7. The molecular formula is C16H32O5Si. The van der Waals surface area contributed by atoms with E-state index in [1.165, 1.54) is 6.08 Å². The van der Waals surface area contributed by atoms with Gasteiger partial charge in [-0.05, 0) is 32.0 Å². The van der Waals surface area contributed by atoms with Crippen LogP contribution in [0.2, 0.25) is 18.1 Å². The predicted molar refractivity (Wildman–Crippen MR) is 89.2 cm³/mol. The number of aliphatic hydroxyl groups excluding tert-OH is 2. The minimum Gasteiger partial charge on any atom is -0.414 e. The summed E-state index contributed by atoms with van der Waals surface area (Å²) in [5.41, 5.74) is 0. The fourth-order valence-electron chi connectivity index (χ4n) is 2.12. The summed E-state index contributed by atoms with van der Waals surface area (Å²) in [5.74, 6) is -0.850. The van der Waals surface area contributed by atoms with Crippen LogP contribution in [0.5, 0.6) is 0 Å². The molecule has 1 heterocycles. The van der Waals surface area contributed by atoms with Crippen LogP contribution in [0.3, 0.4) is 0 Å². The third-order valence-electron chi connectivity index (χ3n) is 4.54. The fraction of sp³-hybridized carbons (Fsp3) is 0.875. The fourth-order valence-corrected chi connectivity index (χ4v) is 3.14. The van der Waals surface area contributed by atoms with Crippen LogP contribution in [-0.2, 0) is 13.9 Å². The molecule has 0 aromatic heterocycles. The summed E-state index contributed by atoms with van der Waals surface area (Å²) in [4.78, 5) is 0. The zero-order valence-electron chi connectivity index (χ0n) is 14.9. The molecule has 1 fully saturated rings. The van der Waals surface area contributed by atoms with Gasteiger partial charge in [-0.15, -0.1) is 6.58 Å². The van der Waals surface area contributed by atoms with Gasteiger partial charge in [0.2, 0.25) is 0 Å². The topological polar surface area (TPSA) is 68.2 Å². The molecule has 5 nitrogen and oxygen atoms in total. The summed E-state index contributed by atoms with van der Waals surface area (Å²) in [6, 6.07) is 0. The van der Waals surface area contributed by atoms with Crippen LogP contribution in [0, 0.1) is 0 Å². The maximum atomic E-state index is 10.5. The van der Waals surface area contributed by atoms with E-state index in [1.807, 2.05) is 0 Å². The monoisotopic (exact) mass is 332 g/mol. The van der Waals surface area contributed by atoms with Gasteiger partial charge in [-0.25, -0.2) is 0 Å². The third kappa shape index (κ3) is 4.63. The Morgan fingerprint density at radius 1 is 1.23 bits per heavy atom. The minimum atomic E-state index is -1.95. The van der Waals surface area contributed by atoms with Gasteiger partial charge in [0.1, 0.15) is 24.4 Å². The Hall–Kier alpha value is -0.243. The van der Waals surface area contributed by atoms with Gasteiger partial charge in [-0.3, -0.25) is 0 Å². The van der Waals surface area contributed by atoms with Crippen molar-refractivity contribution in [2.75, 3.05) is 6.61 Å². The van der Waals surface area contributed by atoms with Gasteiger partial charge in [0.25, 0.3) is 0 Å². The number of hydrogen-bond donors (Lipinski definition) is 2. The summed E-state index contributed by atoms with van der Waals surface area (Å²) in [6.45, 7) is 18.0. The van der Waals surface area contributed by atoms with E-state index in [-0.39, 0.29) is 11.6 Å². The van der Waals surface area contributed by atoms with Crippen molar-refractivity contribution in [1.82, 2.24) is 0 Å². The maximum absolute atomic E-state index is 10.5. The lowest BCUT2D eigenvalue weighted by Crippen LogP contribution is -2.48. The smallest absolute Gasteiger partial charge is 0.192 e. The molecule has 4 atom stereocenters. The molecule has 0 aromatic carbocycles. The molecule has 0 bridgehead atoms. The Bertz CT molecular complexity index is 388. The predicted octanol–water partition coefficient (Wildman–Crippen LogP) is 2.44.